The van der Waals surface area contributed by atoms with E-state index in [1.807, 2.05) is 0 Å². The van der Waals surface area contributed by atoms with Crippen molar-refractivity contribution in [1.29, 1.82) is 0 Å². The van der Waals surface area contributed by atoms with E-state index in [1.165, 1.54) is 16.9 Å². The molecule has 0 amide bonds. The molecule has 0 spiro atoms. The van der Waals surface area contributed by atoms with Gasteiger partial charge in [0.1, 0.15) is 0 Å². The molecule has 0 atom stereocenters. The normalized spacial score (nSPS) is 10.8. The summed E-state index contributed by atoms with van der Waals surface area (Å²) in [5, 5.41) is 0. The van der Waals surface area contributed by atoms with Crippen LogP contribution >= 0.6 is 0 Å². The summed E-state index contributed by atoms with van der Waals surface area (Å²) in [6.07, 6.45) is 1.13. The molecule has 2 nitrogen and oxygen atoms in total. The van der Waals surface area contributed by atoms with E-state index in [0.717, 1.165) is 19.5 Å². The highest BCUT2D eigenvalue weighted by Gasteiger charge is 2.07. The summed E-state index contributed by atoms with van der Waals surface area (Å²) in [6.45, 7) is 4.24. The maximum absolute atomic E-state index is 2.37. The third kappa shape index (κ3) is 3.84. The molecule has 0 heterocycles. The van der Waals surface area contributed by atoms with E-state index in [-0.39, 0.29) is 0 Å². The van der Waals surface area contributed by atoms with Crippen LogP contribution in [-0.4, -0.2) is 25.5 Å². The first-order valence-electron chi connectivity index (χ1n) is 7.27. The Morgan fingerprint density at radius 1 is 0.800 bits per heavy atom. The molecule has 0 saturated carbocycles. The van der Waals surface area contributed by atoms with Gasteiger partial charge < -0.3 is 9.80 Å². The fraction of sp³-hybridized carbons (Fsp3) is 0.333. The Morgan fingerprint density at radius 2 is 1.40 bits per heavy atom. The van der Waals surface area contributed by atoms with Crippen molar-refractivity contribution in [2.75, 3.05) is 25.5 Å². The molecule has 0 saturated heterocycles. The van der Waals surface area contributed by atoms with Crippen LogP contribution in [0.15, 0.2) is 54.6 Å². The molecular formula is C18H24N2. The lowest BCUT2D eigenvalue weighted by atomic mass is 10.1. The van der Waals surface area contributed by atoms with Gasteiger partial charge in [0.05, 0.1) is 0 Å². The van der Waals surface area contributed by atoms with Gasteiger partial charge in [-0.05, 0) is 50.3 Å². The van der Waals surface area contributed by atoms with Crippen molar-refractivity contribution in [3.8, 4) is 0 Å². The van der Waals surface area contributed by atoms with Gasteiger partial charge in [-0.1, -0.05) is 37.3 Å². The summed E-state index contributed by atoms with van der Waals surface area (Å²) >= 11 is 0. The molecule has 0 unspecified atom stereocenters. The van der Waals surface area contributed by atoms with Gasteiger partial charge in [-0.15, -0.1) is 0 Å². The zero-order valence-corrected chi connectivity index (χ0v) is 12.7. The number of rotatable bonds is 6. The molecule has 0 aromatic heterocycles. The lowest BCUT2D eigenvalue weighted by Gasteiger charge is -2.25. The highest BCUT2D eigenvalue weighted by molar-refractivity contribution is 5.63. The number of benzene rings is 2. The lowest BCUT2D eigenvalue weighted by molar-refractivity contribution is 0.402. The molecular weight excluding hydrogens is 244 g/mol. The molecule has 0 N–H and O–H groups in total. The first kappa shape index (κ1) is 14.6. The molecule has 0 fully saturated rings. The fourth-order valence-corrected chi connectivity index (χ4v) is 2.39. The van der Waals surface area contributed by atoms with Crippen LogP contribution in [0.25, 0.3) is 0 Å². The van der Waals surface area contributed by atoms with Crippen molar-refractivity contribution >= 4 is 11.4 Å². The number of hydrogen-bond donors (Lipinski definition) is 0. The third-order valence-corrected chi connectivity index (χ3v) is 3.26. The second-order valence-corrected chi connectivity index (χ2v) is 5.39. The minimum Gasteiger partial charge on any atom is -0.342 e. The van der Waals surface area contributed by atoms with E-state index in [9.17, 15) is 0 Å². The van der Waals surface area contributed by atoms with Crippen LogP contribution in [0.4, 0.5) is 11.4 Å². The Bertz CT molecular complexity index is 503. The van der Waals surface area contributed by atoms with E-state index >= 15 is 0 Å². The van der Waals surface area contributed by atoms with Gasteiger partial charge in [-0.2, -0.15) is 0 Å². The van der Waals surface area contributed by atoms with Crippen LogP contribution in [0.2, 0.25) is 0 Å². The monoisotopic (exact) mass is 268 g/mol. The van der Waals surface area contributed by atoms with Crippen molar-refractivity contribution in [3.05, 3.63) is 60.2 Å². The minimum absolute atomic E-state index is 0.986. The van der Waals surface area contributed by atoms with Gasteiger partial charge >= 0.3 is 0 Å². The zero-order chi connectivity index (χ0) is 14.4. The second-order valence-electron chi connectivity index (χ2n) is 5.39. The Kier molecular flexibility index (Phi) is 5.19. The molecule has 20 heavy (non-hydrogen) atoms. The summed E-state index contributed by atoms with van der Waals surface area (Å²) in [5.41, 5.74) is 3.87. The lowest BCUT2D eigenvalue weighted by Crippen LogP contribution is -2.17. The molecule has 0 aliphatic heterocycles. The molecule has 0 aliphatic carbocycles. The molecule has 106 valence electrons. The Morgan fingerprint density at radius 3 is 1.95 bits per heavy atom. The van der Waals surface area contributed by atoms with Gasteiger partial charge in [-0.25, -0.2) is 0 Å². The van der Waals surface area contributed by atoms with Gasteiger partial charge in [0.2, 0.25) is 0 Å². The molecule has 2 rings (SSSR count). The first-order chi connectivity index (χ1) is 9.70. The fourth-order valence-electron chi connectivity index (χ4n) is 2.39. The summed E-state index contributed by atoms with van der Waals surface area (Å²) in [6, 6.07) is 19.5. The molecule has 0 bridgehead atoms. The summed E-state index contributed by atoms with van der Waals surface area (Å²) in [4.78, 5) is 4.56. The first-order valence-corrected chi connectivity index (χ1v) is 7.27. The summed E-state index contributed by atoms with van der Waals surface area (Å²) in [5.74, 6) is 0. The Hall–Kier alpha value is -1.80. The standard InChI is InChI=1S/C18H24N2/c1-4-14-20(17-8-6-5-7-9-17)18-12-10-16(11-13-18)15-19(2)3/h5-13H,4,14-15H2,1-3H3. The van der Waals surface area contributed by atoms with Gasteiger partial charge in [-0.3, -0.25) is 0 Å². The summed E-state index contributed by atoms with van der Waals surface area (Å²) in [7, 11) is 4.20. The van der Waals surface area contributed by atoms with E-state index in [2.05, 4.69) is 85.4 Å². The third-order valence-electron chi connectivity index (χ3n) is 3.26. The predicted octanol–water partition coefficient (Wildman–Crippen LogP) is 4.30. The molecule has 2 aromatic rings. The number of anilines is 2. The van der Waals surface area contributed by atoms with Crippen LogP contribution < -0.4 is 4.90 Å². The van der Waals surface area contributed by atoms with Crippen LogP contribution in [-0.2, 0) is 6.54 Å². The van der Waals surface area contributed by atoms with Gasteiger partial charge in [0, 0.05) is 24.5 Å². The van der Waals surface area contributed by atoms with E-state index in [4.69, 9.17) is 0 Å². The van der Waals surface area contributed by atoms with E-state index in [0.29, 0.717) is 0 Å². The maximum Gasteiger partial charge on any atom is 0.0410 e. The Labute approximate surface area is 122 Å². The summed E-state index contributed by atoms with van der Waals surface area (Å²) < 4.78 is 0. The largest absolute Gasteiger partial charge is 0.342 e. The maximum atomic E-state index is 2.37. The Balaban J connectivity index is 2.21. The quantitative estimate of drug-likeness (QED) is 0.771. The highest BCUT2D eigenvalue weighted by Crippen LogP contribution is 2.25. The second kappa shape index (κ2) is 7.11. The average molecular weight is 268 g/mol. The molecule has 2 aromatic carbocycles. The average Bonchev–Trinajstić information content (AvgIpc) is 2.46. The topological polar surface area (TPSA) is 6.48 Å². The van der Waals surface area contributed by atoms with Crippen LogP contribution in [0, 0.1) is 0 Å². The molecule has 2 heteroatoms. The van der Waals surface area contributed by atoms with Crippen molar-refractivity contribution in [2.24, 2.45) is 0 Å². The number of nitrogens with zero attached hydrogens (tertiary/aromatic N) is 2. The molecule has 0 radical (unpaired) electrons. The van der Waals surface area contributed by atoms with Crippen molar-refractivity contribution in [1.82, 2.24) is 4.90 Å². The van der Waals surface area contributed by atoms with Crippen molar-refractivity contribution < 1.29 is 0 Å². The number of para-hydroxylation sites is 1. The van der Waals surface area contributed by atoms with Crippen molar-refractivity contribution in [3.63, 3.8) is 0 Å². The number of hydrogen-bond acceptors (Lipinski definition) is 2. The van der Waals surface area contributed by atoms with Crippen LogP contribution in [0.3, 0.4) is 0 Å². The highest BCUT2D eigenvalue weighted by atomic mass is 15.1. The SMILES string of the molecule is CCCN(c1ccccc1)c1ccc(CN(C)C)cc1. The van der Waals surface area contributed by atoms with Crippen LogP contribution in [0.5, 0.6) is 0 Å². The molecule has 0 aliphatic rings. The van der Waals surface area contributed by atoms with Gasteiger partial charge in [0.15, 0.2) is 0 Å². The van der Waals surface area contributed by atoms with E-state index < -0.39 is 0 Å². The zero-order valence-electron chi connectivity index (χ0n) is 12.7. The smallest absolute Gasteiger partial charge is 0.0410 e. The van der Waals surface area contributed by atoms with E-state index in [1.54, 1.807) is 0 Å². The van der Waals surface area contributed by atoms with Crippen molar-refractivity contribution in [2.45, 2.75) is 19.9 Å². The van der Waals surface area contributed by atoms with Crippen LogP contribution in [0.1, 0.15) is 18.9 Å². The minimum atomic E-state index is 0.986. The predicted molar refractivity (Wildman–Crippen MR) is 87.6 cm³/mol. The van der Waals surface area contributed by atoms with Gasteiger partial charge in [0.25, 0.3) is 0 Å².